The Bertz CT molecular complexity index is 428. The molecule has 0 radical (unpaired) electrons. The average molecular weight is 231 g/mol. The van der Waals surface area contributed by atoms with Crippen LogP contribution in [0.2, 0.25) is 0 Å². The molecule has 1 aliphatic rings. The molecule has 2 rings (SSSR count). The molecule has 1 saturated heterocycles. The van der Waals surface area contributed by atoms with E-state index < -0.39 is 0 Å². The summed E-state index contributed by atoms with van der Waals surface area (Å²) in [6.07, 6.45) is 1.97. The van der Waals surface area contributed by atoms with Gasteiger partial charge in [-0.05, 0) is 18.6 Å². The fourth-order valence-electron chi connectivity index (χ4n) is 1.88. The zero-order chi connectivity index (χ0) is 12.3. The molecule has 0 saturated carbocycles. The van der Waals surface area contributed by atoms with Crippen LogP contribution in [0.3, 0.4) is 0 Å². The first-order valence-electron chi connectivity index (χ1n) is 5.80. The van der Waals surface area contributed by atoms with E-state index in [9.17, 15) is 4.79 Å². The molecular formula is C13H17N3O. The van der Waals surface area contributed by atoms with Gasteiger partial charge in [-0.15, -0.1) is 0 Å². The third-order valence-electron chi connectivity index (χ3n) is 2.99. The zero-order valence-corrected chi connectivity index (χ0v) is 10.3. The number of anilines is 1. The van der Waals surface area contributed by atoms with Crippen molar-refractivity contribution >= 4 is 17.6 Å². The van der Waals surface area contributed by atoms with Gasteiger partial charge in [0, 0.05) is 32.7 Å². The van der Waals surface area contributed by atoms with Crippen LogP contribution < -0.4 is 4.90 Å². The maximum Gasteiger partial charge on any atom is 0.349 e. The van der Waals surface area contributed by atoms with Crippen molar-refractivity contribution in [2.24, 2.45) is 4.99 Å². The minimum atomic E-state index is -0.208. The van der Waals surface area contributed by atoms with Gasteiger partial charge in [0.05, 0.1) is 0 Å². The van der Waals surface area contributed by atoms with Crippen molar-refractivity contribution in [3.63, 3.8) is 0 Å². The molecule has 0 N–H and O–H groups in total. The van der Waals surface area contributed by atoms with Gasteiger partial charge < -0.3 is 4.90 Å². The number of amidine groups is 1. The summed E-state index contributed by atoms with van der Waals surface area (Å²) in [5.41, 5.74) is 0.863. The van der Waals surface area contributed by atoms with Crippen molar-refractivity contribution in [2.45, 2.75) is 12.8 Å². The van der Waals surface area contributed by atoms with Gasteiger partial charge in [-0.1, -0.05) is 18.2 Å². The van der Waals surface area contributed by atoms with Gasteiger partial charge in [-0.2, -0.15) is 4.99 Å². The molecule has 1 heterocycles. The lowest BCUT2D eigenvalue weighted by molar-refractivity contribution is 0.255. The number of urea groups is 1. The van der Waals surface area contributed by atoms with Crippen LogP contribution in [0.25, 0.3) is 0 Å². The minimum Gasteiger partial charge on any atom is -0.363 e. The van der Waals surface area contributed by atoms with E-state index in [-0.39, 0.29) is 6.03 Å². The van der Waals surface area contributed by atoms with E-state index in [0.29, 0.717) is 0 Å². The van der Waals surface area contributed by atoms with Gasteiger partial charge >= 0.3 is 6.03 Å². The first-order chi connectivity index (χ1) is 8.18. The molecule has 0 aromatic heterocycles. The number of carbonyl (C=O) groups is 1. The second kappa shape index (κ2) is 4.99. The van der Waals surface area contributed by atoms with Crippen molar-refractivity contribution in [2.75, 3.05) is 25.5 Å². The van der Waals surface area contributed by atoms with Crippen molar-refractivity contribution < 1.29 is 4.79 Å². The number of aliphatic imine (C=N–C) groups is 1. The summed E-state index contributed by atoms with van der Waals surface area (Å²) >= 11 is 0. The Morgan fingerprint density at radius 3 is 2.65 bits per heavy atom. The third kappa shape index (κ3) is 2.64. The summed E-state index contributed by atoms with van der Waals surface area (Å²) in [6.45, 7) is 0.987. The van der Waals surface area contributed by atoms with Gasteiger partial charge in [0.2, 0.25) is 0 Å². The summed E-state index contributed by atoms with van der Waals surface area (Å²) in [5.74, 6) is 0.887. The molecule has 4 heteroatoms. The first kappa shape index (κ1) is 11.6. The van der Waals surface area contributed by atoms with Crippen LogP contribution in [0.5, 0.6) is 0 Å². The van der Waals surface area contributed by atoms with E-state index in [1.165, 1.54) is 0 Å². The van der Waals surface area contributed by atoms with Crippen LogP contribution in [-0.4, -0.2) is 37.4 Å². The summed E-state index contributed by atoms with van der Waals surface area (Å²) in [5, 5.41) is 0. The molecule has 17 heavy (non-hydrogen) atoms. The van der Waals surface area contributed by atoms with Crippen molar-refractivity contribution in [3.05, 3.63) is 30.3 Å². The average Bonchev–Trinajstić information content (AvgIpc) is 2.75. The topological polar surface area (TPSA) is 35.9 Å². The van der Waals surface area contributed by atoms with E-state index >= 15 is 0 Å². The summed E-state index contributed by atoms with van der Waals surface area (Å²) in [7, 11) is 3.72. The first-order valence-corrected chi connectivity index (χ1v) is 5.80. The van der Waals surface area contributed by atoms with Gasteiger partial charge in [0.25, 0.3) is 0 Å². The van der Waals surface area contributed by atoms with Gasteiger partial charge in [-0.3, -0.25) is 4.90 Å². The van der Waals surface area contributed by atoms with Crippen LogP contribution >= 0.6 is 0 Å². The Balaban J connectivity index is 2.10. The Hall–Kier alpha value is -1.84. The third-order valence-corrected chi connectivity index (χ3v) is 2.99. The van der Waals surface area contributed by atoms with Crippen LogP contribution in [0, 0.1) is 0 Å². The van der Waals surface area contributed by atoms with Crippen molar-refractivity contribution in [1.82, 2.24) is 4.90 Å². The Labute approximate surface area is 102 Å². The van der Waals surface area contributed by atoms with E-state index in [1.807, 2.05) is 42.3 Å². The molecule has 0 aliphatic carbocycles. The maximum absolute atomic E-state index is 12.0. The lowest BCUT2D eigenvalue weighted by Crippen LogP contribution is -2.27. The number of hydrogen-bond donors (Lipinski definition) is 0. The number of carbonyl (C=O) groups excluding carboxylic acids is 1. The molecule has 1 aromatic rings. The lowest BCUT2D eigenvalue weighted by atomic mass is 10.3. The maximum atomic E-state index is 12.0. The number of hydrogen-bond acceptors (Lipinski definition) is 1. The zero-order valence-electron chi connectivity index (χ0n) is 10.3. The number of benzene rings is 1. The number of amides is 2. The van der Waals surface area contributed by atoms with E-state index in [4.69, 9.17) is 0 Å². The van der Waals surface area contributed by atoms with E-state index in [2.05, 4.69) is 4.99 Å². The van der Waals surface area contributed by atoms with Gasteiger partial charge in [0.1, 0.15) is 5.84 Å². The smallest absolute Gasteiger partial charge is 0.349 e. The van der Waals surface area contributed by atoms with E-state index in [0.717, 1.165) is 30.9 Å². The van der Waals surface area contributed by atoms with Gasteiger partial charge in [0.15, 0.2) is 0 Å². The Morgan fingerprint density at radius 2 is 2.06 bits per heavy atom. The summed E-state index contributed by atoms with van der Waals surface area (Å²) in [4.78, 5) is 19.7. The molecule has 1 aliphatic heterocycles. The van der Waals surface area contributed by atoms with Crippen molar-refractivity contribution in [1.29, 1.82) is 0 Å². The highest BCUT2D eigenvalue weighted by atomic mass is 16.2. The molecule has 0 spiro atoms. The molecular weight excluding hydrogens is 214 g/mol. The van der Waals surface area contributed by atoms with Crippen LogP contribution in [0.4, 0.5) is 10.5 Å². The molecule has 0 unspecified atom stereocenters. The highest BCUT2D eigenvalue weighted by Crippen LogP contribution is 2.14. The highest BCUT2D eigenvalue weighted by molar-refractivity contribution is 6.01. The SMILES string of the molecule is CN1CCC/C1=N/C(=O)N(C)c1ccccc1. The van der Waals surface area contributed by atoms with E-state index in [1.54, 1.807) is 11.9 Å². The van der Waals surface area contributed by atoms with Gasteiger partial charge in [-0.25, -0.2) is 4.79 Å². The normalized spacial score (nSPS) is 17.5. The fourth-order valence-corrected chi connectivity index (χ4v) is 1.88. The highest BCUT2D eigenvalue weighted by Gasteiger charge is 2.17. The number of rotatable bonds is 1. The molecule has 1 fully saturated rings. The molecule has 0 atom stereocenters. The number of nitrogens with zero attached hydrogens (tertiary/aromatic N) is 3. The number of para-hydroxylation sites is 1. The predicted octanol–water partition coefficient (Wildman–Crippen LogP) is 2.37. The standard InChI is InChI=1S/C13H17N3O/c1-15-10-6-9-12(15)14-13(17)16(2)11-7-4-3-5-8-11/h3-5,7-8H,6,9-10H2,1-2H3/b14-12-. The monoisotopic (exact) mass is 231 g/mol. The van der Waals surface area contributed by atoms with Crippen LogP contribution in [0.1, 0.15) is 12.8 Å². The Morgan fingerprint density at radius 1 is 1.35 bits per heavy atom. The fraction of sp³-hybridized carbons (Fsp3) is 0.385. The van der Waals surface area contributed by atoms with Crippen LogP contribution in [0.15, 0.2) is 35.3 Å². The second-order valence-corrected chi connectivity index (χ2v) is 4.23. The molecule has 2 amide bonds. The summed E-state index contributed by atoms with van der Waals surface area (Å²) < 4.78 is 0. The lowest BCUT2D eigenvalue weighted by Gasteiger charge is -2.16. The summed E-state index contributed by atoms with van der Waals surface area (Å²) in [6, 6.07) is 9.34. The quantitative estimate of drug-likeness (QED) is 0.744. The molecule has 1 aromatic carbocycles. The molecule has 90 valence electrons. The largest absolute Gasteiger partial charge is 0.363 e. The Kier molecular flexibility index (Phi) is 3.42. The second-order valence-electron chi connectivity index (χ2n) is 4.23. The predicted molar refractivity (Wildman–Crippen MR) is 69.5 cm³/mol. The molecule has 0 bridgehead atoms. The van der Waals surface area contributed by atoms with Crippen LogP contribution in [-0.2, 0) is 0 Å². The number of likely N-dealkylation sites (tertiary alicyclic amines) is 1. The van der Waals surface area contributed by atoms with Crippen molar-refractivity contribution in [3.8, 4) is 0 Å². The molecule has 4 nitrogen and oxygen atoms in total. The minimum absolute atomic E-state index is 0.208.